The summed E-state index contributed by atoms with van der Waals surface area (Å²) in [5.74, 6) is -0.242. The van der Waals surface area contributed by atoms with Gasteiger partial charge in [-0.1, -0.05) is 29.8 Å². The van der Waals surface area contributed by atoms with Crippen molar-refractivity contribution in [2.24, 2.45) is 0 Å². The number of benzene rings is 1. The van der Waals surface area contributed by atoms with Crippen LogP contribution in [0.15, 0.2) is 24.3 Å². The van der Waals surface area contributed by atoms with Crippen LogP contribution < -0.4 is 0 Å². The molecule has 0 saturated carbocycles. The monoisotopic (exact) mass is 297 g/mol. The molecule has 0 aliphatic carbocycles. The van der Waals surface area contributed by atoms with Gasteiger partial charge in [-0.15, -0.1) is 0 Å². The van der Waals surface area contributed by atoms with E-state index in [1.54, 1.807) is 6.07 Å². The largest absolute Gasteiger partial charge is 0.468 e. The van der Waals surface area contributed by atoms with Crippen molar-refractivity contribution in [2.45, 2.75) is 31.4 Å². The van der Waals surface area contributed by atoms with Crippen molar-refractivity contribution in [1.29, 1.82) is 0 Å². The Kier molecular flexibility index (Phi) is 4.68. The molecule has 1 atom stereocenters. The van der Waals surface area contributed by atoms with Crippen molar-refractivity contribution >= 4 is 17.6 Å². The van der Waals surface area contributed by atoms with Crippen molar-refractivity contribution in [1.82, 2.24) is 4.90 Å². The number of hydrogen-bond acceptors (Lipinski definition) is 4. The SMILES string of the molecule is COC(=O)[C@@H](C)N1CCC(O)(c2ccccc2Cl)CC1. The maximum absolute atomic E-state index is 11.5. The Bertz CT molecular complexity index is 484. The molecule has 0 spiro atoms. The number of rotatable bonds is 3. The Morgan fingerprint density at radius 3 is 2.55 bits per heavy atom. The van der Waals surface area contributed by atoms with E-state index in [9.17, 15) is 9.90 Å². The number of carbonyl (C=O) groups excluding carboxylic acids is 1. The molecule has 1 heterocycles. The summed E-state index contributed by atoms with van der Waals surface area (Å²) in [6, 6.07) is 7.10. The number of aliphatic hydroxyl groups is 1. The van der Waals surface area contributed by atoms with Gasteiger partial charge in [-0.3, -0.25) is 9.69 Å². The van der Waals surface area contributed by atoms with Gasteiger partial charge in [0.1, 0.15) is 6.04 Å². The second-order valence-corrected chi connectivity index (χ2v) is 5.65. The summed E-state index contributed by atoms with van der Waals surface area (Å²) in [6.45, 7) is 3.10. The molecular weight excluding hydrogens is 278 g/mol. The van der Waals surface area contributed by atoms with Gasteiger partial charge < -0.3 is 9.84 Å². The quantitative estimate of drug-likeness (QED) is 0.869. The van der Waals surface area contributed by atoms with E-state index in [0.29, 0.717) is 31.0 Å². The van der Waals surface area contributed by atoms with E-state index < -0.39 is 5.60 Å². The van der Waals surface area contributed by atoms with E-state index >= 15 is 0 Å². The summed E-state index contributed by atoms with van der Waals surface area (Å²) in [7, 11) is 1.39. The third kappa shape index (κ3) is 2.97. The second kappa shape index (κ2) is 6.12. The van der Waals surface area contributed by atoms with E-state index in [-0.39, 0.29) is 12.0 Å². The van der Waals surface area contributed by atoms with Crippen LogP contribution in [0.2, 0.25) is 5.02 Å². The average Bonchev–Trinajstić information content (AvgIpc) is 2.47. The van der Waals surface area contributed by atoms with Gasteiger partial charge in [-0.2, -0.15) is 0 Å². The molecule has 20 heavy (non-hydrogen) atoms. The number of esters is 1. The number of hydrogen-bond donors (Lipinski definition) is 1. The van der Waals surface area contributed by atoms with Crippen LogP contribution in [0, 0.1) is 0 Å². The van der Waals surface area contributed by atoms with E-state index in [0.717, 1.165) is 5.56 Å². The molecule has 1 aromatic rings. The lowest BCUT2D eigenvalue weighted by atomic mass is 9.84. The fourth-order valence-corrected chi connectivity index (χ4v) is 3.02. The van der Waals surface area contributed by atoms with Gasteiger partial charge in [0.15, 0.2) is 0 Å². The summed E-state index contributed by atoms with van der Waals surface area (Å²) in [4.78, 5) is 13.6. The van der Waals surface area contributed by atoms with Crippen molar-refractivity contribution in [3.63, 3.8) is 0 Å². The Morgan fingerprint density at radius 2 is 2.00 bits per heavy atom. The smallest absolute Gasteiger partial charge is 0.322 e. The van der Waals surface area contributed by atoms with E-state index in [4.69, 9.17) is 16.3 Å². The molecule has 1 aliphatic rings. The number of nitrogens with zero attached hydrogens (tertiary/aromatic N) is 1. The fraction of sp³-hybridized carbons (Fsp3) is 0.533. The minimum Gasteiger partial charge on any atom is -0.468 e. The highest BCUT2D eigenvalue weighted by Crippen LogP contribution is 2.37. The Labute approximate surface area is 124 Å². The van der Waals surface area contributed by atoms with Crippen LogP contribution in [0.3, 0.4) is 0 Å². The van der Waals surface area contributed by atoms with Crippen molar-refractivity contribution in [2.75, 3.05) is 20.2 Å². The minimum absolute atomic E-state index is 0.242. The molecule has 4 nitrogen and oxygen atoms in total. The maximum atomic E-state index is 11.5. The van der Waals surface area contributed by atoms with Gasteiger partial charge in [0.05, 0.1) is 12.7 Å². The Hall–Kier alpha value is -1.10. The number of halogens is 1. The first-order valence-corrected chi connectivity index (χ1v) is 7.15. The van der Waals surface area contributed by atoms with Gasteiger partial charge in [0, 0.05) is 23.7 Å². The van der Waals surface area contributed by atoms with E-state index in [1.165, 1.54) is 7.11 Å². The molecular formula is C15H20ClNO3. The third-order valence-electron chi connectivity index (χ3n) is 4.09. The lowest BCUT2D eigenvalue weighted by molar-refractivity contribution is -0.148. The predicted molar refractivity (Wildman–Crippen MR) is 77.6 cm³/mol. The highest BCUT2D eigenvalue weighted by atomic mass is 35.5. The van der Waals surface area contributed by atoms with Crippen LogP contribution in [0.25, 0.3) is 0 Å². The number of carbonyl (C=O) groups is 1. The molecule has 0 unspecified atom stereocenters. The van der Waals surface area contributed by atoms with Crippen molar-refractivity contribution in [3.05, 3.63) is 34.9 Å². The molecule has 2 rings (SSSR count). The first-order valence-electron chi connectivity index (χ1n) is 6.77. The van der Waals surface area contributed by atoms with Crippen LogP contribution in [0.5, 0.6) is 0 Å². The number of piperidine rings is 1. The topological polar surface area (TPSA) is 49.8 Å². The lowest BCUT2D eigenvalue weighted by Crippen LogP contribution is -2.48. The zero-order valence-corrected chi connectivity index (χ0v) is 12.6. The van der Waals surface area contributed by atoms with Crippen LogP contribution in [0.1, 0.15) is 25.3 Å². The molecule has 1 fully saturated rings. The van der Waals surface area contributed by atoms with Crippen LogP contribution in [-0.2, 0) is 15.1 Å². The molecule has 0 amide bonds. The van der Waals surface area contributed by atoms with Gasteiger partial charge in [0.2, 0.25) is 0 Å². The predicted octanol–water partition coefficient (Wildman–Crippen LogP) is 2.18. The summed E-state index contributed by atoms with van der Waals surface area (Å²) < 4.78 is 4.76. The Balaban J connectivity index is 2.07. The molecule has 1 aliphatic heterocycles. The van der Waals surface area contributed by atoms with Gasteiger partial charge in [0.25, 0.3) is 0 Å². The molecule has 5 heteroatoms. The van der Waals surface area contributed by atoms with E-state index in [2.05, 4.69) is 0 Å². The van der Waals surface area contributed by atoms with Crippen LogP contribution in [-0.4, -0.2) is 42.2 Å². The Morgan fingerprint density at radius 1 is 1.40 bits per heavy atom. The molecule has 1 saturated heterocycles. The molecule has 0 radical (unpaired) electrons. The second-order valence-electron chi connectivity index (χ2n) is 5.25. The maximum Gasteiger partial charge on any atom is 0.322 e. The molecule has 1 N–H and O–H groups in total. The highest BCUT2D eigenvalue weighted by molar-refractivity contribution is 6.31. The zero-order chi connectivity index (χ0) is 14.8. The van der Waals surface area contributed by atoms with Crippen LogP contribution >= 0.6 is 11.6 Å². The van der Waals surface area contributed by atoms with Gasteiger partial charge in [-0.05, 0) is 25.8 Å². The minimum atomic E-state index is -0.912. The summed E-state index contributed by atoms with van der Waals surface area (Å²) in [5, 5.41) is 11.4. The highest BCUT2D eigenvalue weighted by Gasteiger charge is 2.37. The lowest BCUT2D eigenvalue weighted by Gasteiger charge is -2.40. The molecule has 0 aromatic heterocycles. The number of ether oxygens (including phenoxy) is 1. The summed E-state index contributed by atoms with van der Waals surface area (Å²) in [5.41, 5.74) is -0.142. The molecule has 1 aromatic carbocycles. The first-order chi connectivity index (χ1) is 9.48. The average molecular weight is 298 g/mol. The van der Waals surface area contributed by atoms with Crippen LogP contribution in [0.4, 0.5) is 0 Å². The molecule has 0 bridgehead atoms. The zero-order valence-electron chi connectivity index (χ0n) is 11.8. The van der Waals surface area contributed by atoms with Gasteiger partial charge in [-0.25, -0.2) is 0 Å². The van der Waals surface area contributed by atoms with Gasteiger partial charge >= 0.3 is 5.97 Å². The van der Waals surface area contributed by atoms with Crippen molar-refractivity contribution in [3.8, 4) is 0 Å². The number of methoxy groups -OCH3 is 1. The third-order valence-corrected chi connectivity index (χ3v) is 4.42. The van der Waals surface area contributed by atoms with E-state index in [1.807, 2.05) is 30.0 Å². The fourth-order valence-electron chi connectivity index (χ4n) is 2.71. The standard InChI is InChI=1S/C15H20ClNO3/c1-11(14(18)20-2)17-9-7-15(19,8-10-17)12-5-3-4-6-13(12)16/h3-6,11,19H,7-10H2,1-2H3/t11-/m1/s1. The first kappa shape index (κ1) is 15.3. The number of likely N-dealkylation sites (tertiary alicyclic amines) is 1. The summed E-state index contributed by atoms with van der Waals surface area (Å²) >= 11 is 6.17. The summed E-state index contributed by atoms with van der Waals surface area (Å²) in [6.07, 6.45) is 1.11. The normalized spacial score (nSPS) is 20.4. The molecule has 110 valence electrons. The van der Waals surface area contributed by atoms with Crippen molar-refractivity contribution < 1.29 is 14.6 Å².